The van der Waals surface area contributed by atoms with Crippen molar-refractivity contribution in [3.63, 3.8) is 0 Å². The van der Waals surface area contributed by atoms with E-state index < -0.39 is 0 Å². The minimum atomic E-state index is -0.205. The Morgan fingerprint density at radius 3 is 3.12 bits per heavy atom. The molecule has 1 atom stereocenters. The Kier molecular flexibility index (Phi) is 4.87. The fourth-order valence-corrected chi connectivity index (χ4v) is 2.53. The number of aromatic nitrogens is 2. The number of carbonyl (C=O) groups excluding carboxylic acids is 1. The van der Waals surface area contributed by atoms with E-state index in [0.29, 0.717) is 18.8 Å². The summed E-state index contributed by atoms with van der Waals surface area (Å²) >= 11 is 0. The topological polar surface area (TPSA) is 92.2 Å². The van der Waals surface area contributed by atoms with Gasteiger partial charge < -0.3 is 14.1 Å². The highest BCUT2D eigenvalue weighted by Gasteiger charge is 2.25. The molecule has 0 unspecified atom stereocenters. The van der Waals surface area contributed by atoms with E-state index in [0.717, 1.165) is 12.8 Å². The van der Waals surface area contributed by atoms with Gasteiger partial charge in [0.2, 0.25) is 11.6 Å². The van der Waals surface area contributed by atoms with Gasteiger partial charge in [0.1, 0.15) is 17.9 Å². The average Bonchev–Trinajstić information content (AvgIpc) is 3.14. The van der Waals surface area contributed by atoms with Crippen molar-refractivity contribution in [3.05, 3.63) is 48.3 Å². The number of rotatable bonds is 4. The summed E-state index contributed by atoms with van der Waals surface area (Å²) in [7, 11) is 0. The molecule has 7 heteroatoms. The summed E-state index contributed by atoms with van der Waals surface area (Å²) in [5.74, 6) is 0.746. The maximum absolute atomic E-state index is 12.3. The van der Waals surface area contributed by atoms with Gasteiger partial charge in [-0.3, -0.25) is 4.79 Å². The van der Waals surface area contributed by atoms with Crippen LogP contribution in [0.25, 0.3) is 6.08 Å². The Bertz CT molecular complexity index is 764. The Balaban J connectivity index is 1.62. The molecule has 0 bridgehead atoms. The van der Waals surface area contributed by atoms with E-state index in [9.17, 15) is 4.79 Å². The SMILES string of the molecule is N#Cc1nccnc1O[C@@H]1CCCN(C(=O)/C=C/c2ccco2)C1. The van der Waals surface area contributed by atoms with Crippen LogP contribution >= 0.6 is 0 Å². The fourth-order valence-electron chi connectivity index (χ4n) is 2.53. The van der Waals surface area contributed by atoms with Gasteiger partial charge in [-0.25, -0.2) is 9.97 Å². The van der Waals surface area contributed by atoms with Crippen molar-refractivity contribution in [1.29, 1.82) is 5.26 Å². The zero-order chi connectivity index (χ0) is 16.8. The maximum Gasteiger partial charge on any atom is 0.251 e. The van der Waals surface area contributed by atoms with Crippen LogP contribution in [-0.4, -0.2) is 40.0 Å². The molecule has 24 heavy (non-hydrogen) atoms. The third-order valence-corrected chi connectivity index (χ3v) is 3.67. The second-order valence-corrected chi connectivity index (χ2v) is 5.34. The van der Waals surface area contributed by atoms with Gasteiger partial charge >= 0.3 is 0 Å². The highest BCUT2D eigenvalue weighted by atomic mass is 16.5. The molecule has 0 spiro atoms. The van der Waals surface area contributed by atoms with Crippen LogP contribution in [0.3, 0.4) is 0 Å². The predicted molar refractivity (Wildman–Crippen MR) is 84.7 cm³/mol. The molecule has 1 fully saturated rings. The van der Waals surface area contributed by atoms with Gasteiger partial charge in [0.15, 0.2) is 0 Å². The molecule has 0 radical (unpaired) electrons. The van der Waals surface area contributed by atoms with Gasteiger partial charge in [0, 0.05) is 25.0 Å². The van der Waals surface area contributed by atoms with Gasteiger partial charge in [-0.05, 0) is 31.1 Å². The Morgan fingerprint density at radius 2 is 2.33 bits per heavy atom. The molecular formula is C17H16N4O3. The number of hydrogen-bond acceptors (Lipinski definition) is 6. The highest BCUT2D eigenvalue weighted by Crippen LogP contribution is 2.19. The first kappa shape index (κ1) is 15.7. The summed E-state index contributed by atoms with van der Waals surface area (Å²) in [4.78, 5) is 22.0. The number of hydrogen-bond donors (Lipinski definition) is 0. The number of piperidine rings is 1. The minimum absolute atomic E-state index is 0.0978. The molecule has 0 aromatic carbocycles. The standard InChI is InChI=1S/C17H16N4O3/c18-11-15-17(20-8-7-19-15)24-14-3-1-9-21(12-14)16(22)6-5-13-4-2-10-23-13/h2,4-8,10,14H,1,3,9,12H2/b6-5+/t14-/m1/s1. The largest absolute Gasteiger partial charge is 0.470 e. The van der Waals surface area contributed by atoms with Gasteiger partial charge in [0.25, 0.3) is 5.88 Å². The third-order valence-electron chi connectivity index (χ3n) is 3.67. The summed E-state index contributed by atoms with van der Waals surface area (Å²) in [6, 6.07) is 5.50. The number of carbonyl (C=O) groups is 1. The highest BCUT2D eigenvalue weighted by molar-refractivity contribution is 5.91. The fraction of sp³-hybridized carbons (Fsp3) is 0.294. The van der Waals surface area contributed by atoms with Crippen LogP contribution in [0.5, 0.6) is 5.88 Å². The Morgan fingerprint density at radius 1 is 1.46 bits per heavy atom. The van der Waals surface area contributed by atoms with E-state index in [-0.39, 0.29) is 23.6 Å². The minimum Gasteiger partial charge on any atom is -0.470 e. The zero-order valence-electron chi connectivity index (χ0n) is 13.0. The molecule has 7 nitrogen and oxygen atoms in total. The normalized spacial score (nSPS) is 17.6. The number of amides is 1. The lowest BCUT2D eigenvalue weighted by Crippen LogP contribution is -2.43. The lowest BCUT2D eigenvalue weighted by Gasteiger charge is -2.32. The molecular weight excluding hydrogens is 308 g/mol. The number of nitriles is 1. The van der Waals surface area contributed by atoms with Crippen molar-refractivity contribution in [2.75, 3.05) is 13.1 Å². The van der Waals surface area contributed by atoms with E-state index in [1.54, 1.807) is 29.4 Å². The molecule has 3 rings (SSSR count). The van der Waals surface area contributed by atoms with Crippen LogP contribution < -0.4 is 4.74 Å². The van der Waals surface area contributed by atoms with Crippen LogP contribution in [-0.2, 0) is 4.79 Å². The molecule has 122 valence electrons. The van der Waals surface area contributed by atoms with E-state index in [1.165, 1.54) is 18.5 Å². The summed E-state index contributed by atoms with van der Waals surface area (Å²) in [5, 5.41) is 9.03. The molecule has 1 saturated heterocycles. The molecule has 0 N–H and O–H groups in total. The van der Waals surface area contributed by atoms with Crippen LogP contribution in [0, 0.1) is 11.3 Å². The van der Waals surface area contributed by atoms with Crippen molar-refractivity contribution in [3.8, 4) is 11.9 Å². The third kappa shape index (κ3) is 3.79. The number of ether oxygens (including phenoxy) is 1. The first-order valence-corrected chi connectivity index (χ1v) is 7.64. The molecule has 1 aliphatic heterocycles. The summed E-state index contributed by atoms with van der Waals surface area (Å²) in [6.45, 7) is 1.12. The second kappa shape index (κ2) is 7.42. The van der Waals surface area contributed by atoms with Gasteiger partial charge in [-0.2, -0.15) is 5.26 Å². The number of nitrogens with zero attached hydrogens (tertiary/aromatic N) is 4. The van der Waals surface area contributed by atoms with E-state index in [4.69, 9.17) is 14.4 Å². The first-order valence-electron chi connectivity index (χ1n) is 7.64. The molecule has 2 aromatic heterocycles. The monoisotopic (exact) mass is 324 g/mol. The van der Waals surface area contributed by atoms with Crippen molar-refractivity contribution < 1.29 is 13.9 Å². The van der Waals surface area contributed by atoms with Crippen LogP contribution in [0.4, 0.5) is 0 Å². The van der Waals surface area contributed by atoms with Crippen molar-refractivity contribution in [2.45, 2.75) is 18.9 Å². The summed E-state index contributed by atoms with van der Waals surface area (Å²) in [6.07, 6.45) is 9.04. The predicted octanol–water partition coefficient (Wildman–Crippen LogP) is 2.02. The lowest BCUT2D eigenvalue weighted by atomic mass is 10.1. The van der Waals surface area contributed by atoms with E-state index in [2.05, 4.69) is 9.97 Å². The lowest BCUT2D eigenvalue weighted by molar-refractivity contribution is -0.128. The van der Waals surface area contributed by atoms with Gasteiger partial charge in [-0.15, -0.1) is 0 Å². The van der Waals surface area contributed by atoms with Crippen molar-refractivity contribution >= 4 is 12.0 Å². The second-order valence-electron chi connectivity index (χ2n) is 5.34. The Hall–Kier alpha value is -3.14. The van der Waals surface area contributed by atoms with Crippen LogP contribution in [0.2, 0.25) is 0 Å². The smallest absolute Gasteiger partial charge is 0.251 e. The molecule has 0 saturated carbocycles. The Labute approximate surface area is 139 Å². The van der Waals surface area contributed by atoms with Gasteiger partial charge in [-0.1, -0.05) is 0 Å². The van der Waals surface area contributed by atoms with Crippen molar-refractivity contribution in [2.24, 2.45) is 0 Å². The van der Waals surface area contributed by atoms with Crippen LogP contribution in [0.15, 0.2) is 41.3 Å². The number of likely N-dealkylation sites (tertiary alicyclic amines) is 1. The quantitative estimate of drug-likeness (QED) is 0.799. The van der Waals surface area contributed by atoms with Crippen molar-refractivity contribution in [1.82, 2.24) is 14.9 Å². The van der Waals surface area contributed by atoms with Gasteiger partial charge in [0.05, 0.1) is 12.8 Å². The zero-order valence-corrected chi connectivity index (χ0v) is 13.0. The molecule has 3 heterocycles. The number of furan rings is 1. The molecule has 1 amide bonds. The van der Waals surface area contributed by atoms with E-state index >= 15 is 0 Å². The first-order chi connectivity index (χ1) is 11.8. The summed E-state index contributed by atoms with van der Waals surface area (Å²) < 4.78 is 10.9. The van der Waals surface area contributed by atoms with E-state index in [1.807, 2.05) is 6.07 Å². The molecule has 2 aromatic rings. The van der Waals surface area contributed by atoms with Crippen LogP contribution in [0.1, 0.15) is 24.3 Å². The average molecular weight is 324 g/mol. The maximum atomic E-state index is 12.3. The summed E-state index contributed by atoms with van der Waals surface area (Å²) in [5.41, 5.74) is 0.152. The molecule has 0 aliphatic carbocycles. The molecule has 1 aliphatic rings.